The van der Waals surface area contributed by atoms with Gasteiger partial charge in [0.15, 0.2) is 6.29 Å². The fraction of sp³-hybridized carbons (Fsp3) is 0.542. The van der Waals surface area contributed by atoms with Gasteiger partial charge >= 0.3 is 0 Å². The molecule has 2 heteroatoms. The van der Waals surface area contributed by atoms with Gasteiger partial charge in [0.05, 0.1) is 12.2 Å². The number of rotatable bonds is 15. The number of ether oxygens (including phenoxy) is 1. The number of para-hydroxylation sites is 1. The first-order valence-corrected chi connectivity index (χ1v) is 10.3. The molecule has 1 aromatic rings. The van der Waals surface area contributed by atoms with E-state index in [9.17, 15) is 4.79 Å². The maximum atomic E-state index is 11.4. The topological polar surface area (TPSA) is 26.3 Å². The van der Waals surface area contributed by atoms with Crippen molar-refractivity contribution in [2.24, 2.45) is 0 Å². The largest absolute Gasteiger partial charge is 0.493 e. The predicted molar refractivity (Wildman–Crippen MR) is 112 cm³/mol. The Balaban J connectivity index is 2.77. The first-order chi connectivity index (χ1) is 12.8. The number of benzene rings is 1. The molecule has 0 N–H and O–H groups in total. The van der Waals surface area contributed by atoms with Crippen molar-refractivity contribution >= 4 is 6.29 Å². The molecule has 0 fully saturated rings. The third-order valence-electron chi connectivity index (χ3n) is 4.78. The molecule has 0 spiro atoms. The van der Waals surface area contributed by atoms with Crippen LogP contribution < -0.4 is 4.74 Å². The van der Waals surface area contributed by atoms with Crippen molar-refractivity contribution < 1.29 is 9.53 Å². The van der Waals surface area contributed by atoms with E-state index in [0.29, 0.717) is 18.1 Å². The third-order valence-corrected chi connectivity index (χ3v) is 4.78. The van der Waals surface area contributed by atoms with Crippen LogP contribution in [0.15, 0.2) is 43.0 Å². The Labute approximate surface area is 160 Å². The molecule has 0 aromatic heterocycles. The fourth-order valence-electron chi connectivity index (χ4n) is 3.39. The minimum atomic E-state index is 0.378. The molecule has 0 saturated carbocycles. The zero-order chi connectivity index (χ0) is 19.0. The monoisotopic (exact) mass is 356 g/mol. The van der Waals surface area contributed by atoms with E-state index in [1.165, 1.54) is 44.9 Å². The van der Waals surface area contributed by atoms with Crippen LogP contribution in [0.25, 0.3) is 0 Å². The highest BCUT2D eigenvalue weighted by molar-refractivity contribution is 5.80. The maximum Gasteiger partial charge on any atom is 0.153 e. The van der Waals surface area contributed by atoms with E-state index in [2.05, 4.69) is 25.6 Å². The number of hydrogen-bond donors (Lipinski definition) is 0. The quantitative estimate of drug-likeness (QED) is 0.188. The van der Waals surface area contributed by atoms with Crippen molar-refractivity contribution in [2.75, 3.05) is 6.61 Å². The van der Waals surface area contributed by atoms with Gasteiger partial charge in [0, 0.05) is 0 Å². The second-order valence-electron chi connectivity index (χ2n) is 6.82. The first-order valence-electron chi connectivity index (χ1n) is 10.3. The van der Waals surface area contributed by atoms with Gasteiger partial charge in [-0.25, -0.2) is 0 Å². The molecule has 0 heterocycles. The molecule has 0 aliphatic heterocycles. The summed E-state index contributed by atoms with van der Waals surface area (Å²) < 4.78 is 5.84. The molecule has 2 nitrogen and oxygen atoms in total. The third kappa shape index (κ3) is 8.03. The summed E-state index contributed by atoms with van der Waals surface area (Å²) in [6.07, 6.45) is 18.1. The average Bonchev–Trinajstić information content (AvgIpc) is 2.66. The molecule has 1 rings (SSSR count). The Bertz CT molecular complexity index is 545. The minimum Gasteiger partial charge on any atom is -0.493 e. The van der Waals surface area contributed by atoms with Gasteiger partial charge in [0.25, 0.3) is 0 Å². The molecule has 0 saturated heterocycles. The van der Waals surface area contributed by atoms with Crippen molar-refractivity contribution in [1.82, 2.24) is 0 Å². The maximum absolute atomic E-state index is 11.4. The Morgan fingerprint density at radius 3 is 2.46 bits per heavy atom. The number of carbonyl (C=O) groups excluding carboxylic acids is 1. The minimum absolute atomic E-state index is 0.378. The summed E-state index contributed by atoms with van der Waals surface area (Å²) in [5.41, 5.74) is 1.82. The summed E-state index contributed by atoms with van der Waals surface area (Å²) in [6, 6.07) is 5.92. The van der Waals surface area contributed by atoms with E-state index in [4.69, 9.17) is 4.74 Å². The van der Waals surface area contributed by atoms with Gasteiger partial charge in [-0.1, -0.05) is 88.8 Å². The predicted octanol–water partition coefficient (Wildman–Crippen LogP) is 7.25. The normalized spacial score (nSPS) is 12.2. The van der Waals surface area contributed by atoms with E-state index in [1.807, 2.05) is 31.2 Å². The highest BCUT2D eigenvalue weighted by Gasteiger charge is 2.17. The van der Waals surface area contributed by atoms with Gasteiger partial charge in [-0.15, -0.1) is 0 Å². The van der Waals surface area contributed by atoms with Gasteiger partial charge < -0.3 is 4.74 Å². The van der Waals surface area contributed by atoms with E-state index < -0.39 is 0 Å². The molecule has 1 atom stereocenters. The Morgan fingerprint density at radius 2 is 1.81 bits per heavy atom. The second-order valence-corrected chi connectivity index (χ2v) is 6.82. The summed E-state index contributed by atoms with van der Waals surface area (Å²) in [5.74, 6) is 1.15. The summed E-state index contributed by atoms with van der Waals surface area (Å²) in [5, 5.41) is 0. The summed E-state index contributed by atoms with van der Waals surface area (Å²) in [6.45, 7) is 8.55. The van der Waals surface area contributed by atoms with Gasteiger partial charge in [-0.3, -0.25) is 4.79 Å². The molecule has 1 unspecified atom stereocenters. The van der Waals surface area contributed by atoms with Crippen LogP contribution in [0.4, 0.5) is 0 Å². The Hall–Kier alpha value is -1.83. The zero-order valence-electron chi connectivity index (χ0n) is 16.7. The molecule has 0 aliphatic carbocycles. The zero-order valence-corrected chi connectivity index (χ0v) is 16.7. The van der Waals surface area contributed by atoms with Gasteiger partial charge in [-0.05, 0) is 37.3 Å². The molecule has 0 aliphatic rings. The molecule has 0 radical (unpaired) electrons. The van der Waals surface area contributed by atoms with Crippen LogP contribution in [0.5, 0.6) is 5.75 Å². The van der Waals surface area contributed by atoms with Gasteiger partial charge in [-0.2, -0.15) is 0 Å². The lowest BCUT2D eigenvalue weighted by molar-refractivity contribution is 0.111. The van der Waals surface area contributed by atoms with E-state index in [-0.39, 0.29) is 0 Å². The summed E-state index contributed by atoms with van der Waals surface area (Å²) in [7, 11) is 0. The van der Waals surface area contributed by atoms with Crippen molar-refractivity contribution in [1.29, 1.82) is 0 Å². The van der Waals surface area contributed by atoms with E-state index >= 15 is 0 Å². The average molecular weight is 357 g/mol. The van der Waals surface area contributed by atoms with Crippen LogP contribution in [0.1, 0.15) is 93.5 Å². The smallest absolute Gasteiger partial charge is 0.153 e. The van der Waals surface area contributed by atoms with Crippen LogP contribution in [-0.4, -0.2) is 12.9 Å². The van der Waals surface area contributed by atoms with Crippen LogP contribution in [0.3, 0.4) is 0 Å². The van der Waals surface area contributed by atoms with Gasteiger partial charge in [0.1, 0.15) is 5.75 Å². The molecular weight excluding hydrogens is 320 g/mol. The van der Waals surface area contributed by atoms with Crippen molar-refractivity contribution in [2.45, 2.75) is 77.6 Å². The van der Waals surface area contributed by atoms with Crippen LogP contribution in [-0.2, 0) is 0 Å². The van der Waals surface area contributed by atoms with E-state index in [0.717, 1.165) is 30.4 Å². The SMILES string of the molecule is C=CC=CCC(CCCCCCCCC)c1cccc(C=O)c1OCC. The summed E-state index contributed by atoms with van der Waals surface area (Å²) in [4.78, 5) is 11.4. The van der Waals surface area contributed by atoms with Crippen LogP contribution >= 0.6 is 0 Å². The Kier molecular flexibility index (Phi) is 12.3. The molecule has 0 amide bonds. The van der Waals surface area contributed by atoms with Crippen molar-refractivity contribution in [3.05, 3.63) is 54.1 Å². The van der Waals surface area contributed by atoms with Crippen LogP contribution in [0.2, 0.25) is 0 Å². The lowest BCUT2D eigenvalue weighted by Gasteiger charge is -2.20. The number of unbranched alkanes of at least 4 members (excludes halogenated alkanes) is 6. The molecule has 144 valence electrons. The summed E-state index contributed by atoms with van der Waals surface area (Å²) >= 11 is 0. The van der Waals surface area contributed by atoms with Crippen molar-refractivity contribution in [3.8, 4) is 5.75 Å². The molecular formula is C24H36O2. The van der Waals surface area contributed by atoms with Crippen LogP contribution in [0, 0.1) is 0 Å². The van der Waals surface area contributed by atoms with Gasteiger partial charge in [0.2, 0.25) is 0 Å². The number of hydrogen-bond acceptors (Lipinski definition) is 2. The Morgan fingerprint density at radius 1 is 1.08 bits per heavy atom. The lowest BCUT2D eigenvalue weighted by atomic mass is 9.88. The highest BCUT2D eigenvalue weighted by atomic mass is 16.5. The molecule has 1 aromatic carbocycles. The number of carbonyl (C=O) groups is 1. The lowest BCUT2D eigenvalue weighted by Crippen LogP contribution is -2.05. The molecule has 0 bridgehead atoms. The second kappa shape index (κ2) is 14.4. The number of aldehydes is 1. The van der Waals surface area contributed by atoms with E-state index in [1.54, 1.807) is 0 Å². The fourth-order valence-corrected chi connectivity index (χ4v) is 3.39. The highest BCUT2D eigenvalue weighted by Crippen LogP contribution is 2.35. The standard InChI is InChI=1S/C24H36O2/c1-4-7-9-10-11-12-14-17-21(16-13-8-5-2)23-19-15-18-22(20-25)24(23)26-6-3/h5,8,13,15,18-21H,2,4,6-7,9-12,14,16-17H2,1,3H3. The van der Waals surface area contributed by atoms with Crippen molar-refractivity contribution in [3.63, 3.8) is 0 Å². The molecule has 26 heavy (non-hydrogen) atoms. The first kappa shape index (κ1) is 22.2. The number of allylic oxidation sites excluding steroid dienone is 3.